The van der Waals surface area contributed by atoms with Crippen LogP contribution in [0.25, 0.3) is 11.1 Å². The minimum Gasteiger partial charge on any atom is -0.482 e. The van der Waals surface area contributed by atoms with Gasteiger partial charge >= 0.3 is 0 Å². The molecular formula is C21H22Cl2FN5O. The molecule has 1 atom stereocenters. The predicted octanol–water partition coefficient (Wildman–Crippen LogP) is 5.04. The largest absolute Gasteiger partial charge is 0.482 e. The first-order valence-electron chi connectivity index (χ1n) is 13.2. The average Bonchev–Trinajstić information content (AvgIpc) is 3.25. The highest BCUT2D eigenvalue weighted by molar-refractivity contribution is 6.36. The van der Waals surface area contributed by atoms with Gasteiger partial charge in [0.1, 0.15) is 11.9 Å². The second-order valence-electron chi connectivity index (χ2n) is 6.32. The number of nitrogens with two attached hydrogens (primary N) is 1. The van der Waals surface area contributed by atoms with Crippen molar-refractivity contribution in [2.45, 2.75) is 31.8 Å². The lowest BCUT2D eigenvalue weighted by atomic mass is 10.1. The molecule has 1 aliphatic rings. The Morgan fingerprint density at radius 2 is 2.13 bits per heavy atom. The van der Waals surface area contributed by atoms with Gasteiger partial charge in [-0.05, 0) is 50.9 Å². The molecular weight excluding hydrogens is 428 g/mol. The number of ether oxygens (including phenoxy) is 1. The second-order valence-corrected chi connectivity index (χ2v) is 7.11. The molecule has 0 aliphatic carbocycles. The molecule has 1 aliphatic heterocycles. The van der Waals surface area contributed by atoms with Crippen LogP contribution in [0.3, 0.4) is 0 Å². The Kier molecular flexibility index (Phi) is 3.66. The van der Waals surface area contributed by atoms with E-state index in [1.165, 1.54) is 12.1 Å². The van der Waals surface area contributed by atoms with Crippen LogP contribution < -0.4 is 15.8 Å². The van der Waals surface area contributed by atoms with Gasteiger partial charge in [0.15, 0.2) is 11.6 Å². The van der Waals surface area contributed by atoms with E-state index in [-0.39, 0.29) is 44.5 Å². The first-order chi connectivity index (χ1) is 17.8. The summed E-state index contributed by atoms with van der Waals surface area (Å²) < 4.78 is 94.2. The van der Waals surface area contributed by atoms with E-state index in [0.717, 1.165) is 23.1 Å². The molecule has 0 spiro atoms. The molecule has 6 nitrogen and oxygen atoms in total. The number of nitrogens with zero attached hydrogens (tertiary/aromatic N) is 3. The van der Waals surface area contributed by atoms with Crippen LogP contribution in [0.15, 0.2) is 36.8 Å². The zero-order chi connectivity index (χ0) is 29.3. The van der Waals surface area contributed by atoms with Crippen LogP contribution in [0.5, 0.6) is 5.75 Å². The van der Waals surface area contributed by atoms with Crippen LogP contribution in [-0.4, -0.2) is 27.8 Å². The van der Waals surface area contributed by atoms with Crippen LogP contribution in [-0.2, 0) is 0 Å². The summed E-state index contributed by atoms with van der Waals surface area (Å²) in [5.74, 6) is -0.921. The van der Waals surface area contributed by atoms with Crippen molar-refractivity contribution in [1.29, 1.82) is 0 Å². The molecule has 9 heteroatoms. The zero-order valence-electron chi connectivity index (χ0n) is 24.5. The van der Waals surface area contributed by atoms with Crippen molar-refractivity contribution >= 4 is 29.0 Å². The topological polar surface area (TPSA) is 78.0 Å². The summed E-state index contributed by atoms with van der Waals surface area (Å²) >= 11 is 12.2. The highest BCUT2D eigenvalue weighted by Crippen LogP contribution is 2.37. The van der Waals surface area contributed by atoms with Crippen molar-refractivity contribution in [2.75, 3.05) is 18.7 Å². The van der Waals surface area contributed by atoms with Gasteiger partial charge in [-0.1, -0.05) is 23.2 Å². The van der Waals surface area contributed by atoms with E-state index in [0.29, 0.717) is 0 Å². The quantitative estimate of drug-likeness (QED) is 0.523. The van der Waals surface area contributed by atoms with Crippen molar-refractivity contribution in [3.8, 4) is 16.9 Å². The molecule has 30 heavy (non-hydrogen) atoms. The molecule has 1 saturated heterocycles. The fourth-order valence-electron chi connectivity index (χ4n) is 2.85. The Morgan fingerprint density at radius 3 is 2.90 bits per heavy atom. The van der Waals surface area contributed by atoms with Gasteiger partial charge in [-0.15, -0.1) is 0 Å². The first kappa shape index (κ1) is 12.5. The van der Waals surface area contributed by atoms with E-state index in [1.807, 2.05) is 0 Å². The average molecular weight is 459 g/mol. The SMILES string of the molecule is [2H]c1nc(N)c(O[C@H](C)c2c(Cl)ccc(F)c2Cl)cc1-c1cnn(C2C([2H])([2H])C([2H])([2H])NC([2H])([2H])C2([2H])[2H])c1. The molecule has 0 radical (unpaired) electrons. The van der Waals surface area contributed by atoms with E-state index in [9.17, 15) is 4.39 Å². The van der Waals surface area contributed by atoms with Crippen molar-refractivity contribution in [2.24, 2.45) is 0 Å². The van der Waals surface area contributed by atoms with Gasteiger partial charge in [0.25, 0.3) is 0 Å². The van der Waals surface area contributed by atoms with Gasteiger partial charge < -0.3 is 15.8 Å². The van der Waals surface area contributed by atoms with E-state index in [4.69, 9.17) is 46.0 Å². The number of halogens is 3. The van der Waals surface area contributed by atoms with Gasteiger partial charge in [0.2, 0.25) is 0 Å². The van der Waals surface area contributed by atoms with E-state index in [2.05, 4.69) is 10.1 Å². The molecule has 3 heterocycles. The van der Waals surface area contributed by atoms with Crippen LogP contribution >= 0.6 is 23.2 Å². The number of aromatic nitrogens is 3. The first-order valence-corrected chi connectivity index (χ1v) is 9.48. The van der Waals surface area contributed by atoms with E-state index < -0.39 is 43.7 Å². The molecule has 0 bridgehead atoms. The molecule has 1 fully saturated rings. The maximum atomic E-state index is 14.0. The summed E-state index contributed by atoms with van der Waals surface area (Å²) in [5, 5.41) is 5.67. The molecule has 0 unspecified atom stereocenters. The number of rotatable bonds is 5. The van der Waals surface area contributed by atoms with Crippen LogP contribution in [0.1, 0.15) is 49.7 Å². The molecule has 4 rings (SSSR count). The Morgan fingerprint density at radius 1 is 1.37 bits per heavy atom. The second kappa shape index (κ2) is 8.79. The number of piperidine rings is 1. The van der Waals surface area contributed by atoms with Gasteiger partial charge in [-0.25, -0.2) is 9.37 Å². The number of nitrogen functional groups attached to an aromatic ring is 1. The van der Waals surface area contributed by atoms with Gasteiger partial charge in [-0.2, -0.15) is 5.10 Å². The number of benzene rings is 1. The Bertz CT molecular complexity index is 1410. The minimum absolute atomic E-state index is 0.0298. The highest BCUT2D eigenvalue weighted by atomic mass is 35.5. The lowest BCUT2D eigenvalue weighted by Gasteiger charge is -2.22. The number of pyridine rings is 1. The van der Waals surface area contributed by atoms with Crippen molar-refractivity contribution in [3.63, 3.8) is 0 Å². The normalized spacial score (nSPS) is 27.0. The Hall–Kier alpha value is -2.35. The summed E-state index contributed by atoms with van der Waals surface area (Å²) in [5.41, 5.74) is 6.32. The summed E-state index contributed by atoms with van der Waals surface area (Å²) in [7, 11) is 0. The highest BCUT2D eigenvalue weighted by Gasteiger charge is 2.21. The van der Waals surface area contributed by atoms with Gasteiger partial charge in [0, 0.05) is 45.0 Å². The summed E-state index contributed by atoms with van der Waals surface area (Å²) in [6.45, 7) is -4.38. The smallest absolute Gasteiger partial charge is 0.166 e. The molecule has 0 amide bonds. The van der Waals surface area contributed by atoms with Gasteiger partial charge in [-0.3, -0.25) is 4.68 Å². The van der Waals surface area contributed by atoms with Crippen molar-refractivity contribution in [3.05, 3.63) is 58.2 Å². The summed E-state index contributed by atoms with van der Waals surface area (Å²) in [6, 6.07) is 1.70. The monoisotopic (exact) mass is 458 g/mol. The van der Waals surface area contributed by atoms with Crippen molar-refractivity contribution in [1.82, 2.24) is 20.1 Å². The lowest BCUT2D eigenvalue weighted by molar-refractivity contribution is 0.227. The number of hydrogen-bond acceptors (Lipinski definition) is 5. The van der Waals surface area contributed by atoms with E-state index >= 15 is 0 Å². The number of hydrogen-bond donors (Lipinski definition) is 2. The maximum absolute atomic E-state index is 14.0. The van der Waals surface area contributed by atoms with Crippen molar-refractivity contribution < 1.29 is 21.5 Å². The minimum atomic E-state index is -2.96. The predicted molar refractivity (Wildman–Crippen MR) is 116 cm³/mol. The fraction of sp³-hybridized carbons (Fsp3) is 0.333. The molecule has 1 aromatic carbocycles. The molecule has 2 aromatic heterocycles. The molecule has 3 aromatic rings. The Balaban J connectivity index is 1.74. The fourth-order valence-corrected chi connectivity index (χ4v) is 3.52. The van der Waals surface area contributed by atoms with Crippen LogP contribution in [0, 0.1) is 5.82 Å². The third-order valence-corrected chi connectivity index (χ3v) is 5.05. The van der Waals surface area contributed by atoms with Gasteiger partial charge in [0.05, 0.1) is 18.6 Å². The number of nitrogens with one attached hydrogen (secondary N) is 1. The standard InChI is InChI=1S/C21H22Cl2FN5O/c1-12(19-16(22)2-3-17(24)20(19)23)30-18-8-13(9-27-21(18)25)14-10-28-29(11-14)15-4-6-26-7-5-15/h2-3,8-12,15,26H,4-7H2,1H3,(H2,25,27)/t12-/m1/s1/i4D2,5D2,6D2,7D2,9D. The summed E-state index contributed by atoms with van der Waals surface area (Å²) in [4.78, 5) is 3.95. The maximum Gasteiger partial charge on any atom is 0.166 e. The van der Waals surface area contributed by atoms with E-state index in [1.54, 1.807) is 12.2 Å². The zero-order valence-corrected chi connectivity index (χ0v) is 17.0. The molecule has 0 saturated carbocycles. The lowest BCUT2D eigenvalue weighted by Crippen LogP contribution is -2.29. The number of anilines is 1. The third-order valence-electron chi connectivity index (χ3n) is 4.33. The Labute approximate surface area is 196 Å². The van der Waals surface area contributed by atoms with Crippen LogP contribution in [0.4, 0.5) is 10.2 Å². The molecule has 158 valence electrons. The van der Waals surface area contributed by atoms with Crippen LogP contribution in [0.2, 0.25) is 10.0 Å². The third kappa shape index (κ3) is 4.24. The molecule has 3 N–H and O–H groups in total. The summed E-state index contributed by atoms with van der Waals surface area (Å²) in [6.07, 6.45) is -4.84.